The molecule has 0 rings (SSSR count). The fourth-order valence-electron chi connectivity index (χ4n) is 0.165. The molecule has 0 aliphatic heterocycles. The fourth-order valence-corrected chi connectivity index (χ4v) is 0.165. The average Bonchev–Trinajstić information content (AvgIpc) is 1.86. The van der Waals surface area contributed by atoms with E-state index in [2.05, 4.69) is 0 Å². The maximum Gasteiger partial charge on any atom is 0.224 e. The largest absolute Gasteiger partial charge is 0.390 e. The molecular weight excluding hydrogens is 125 g/mol. The molecule has 0 heterocycles. The minimum Gasteiger partial charge on any atom is -0.390 e. The van der Waals surface area contributed by atoms with E-state index >= 15 is 0 Å². The molecule has 0 aliphatic carbocycles. The van der Waals surface area contributed by atoms with Crippen LogP contribution in [0.2, 0.25) is 0 Å². The first kappa shape index (κ1) is 8.38. The van der Waals surface area contributed by atoms with Gasteiger partial charge in [-0.3, -0.25) is 10.1 Å². The van der Waals surface area contributed by atoms with E-state index in [0.29, 0.717) is 0 Å². The second-order valence-electron chi connectivity index (χ2n) is 2.07. The average molecular weight is 133 g/mol. The molecule has 0 saturated carbocycles. The Balaban J connectivity index is 4.09. The number of hydrogen-bond donors (Lipinski definition) is 2. The predicted molar refractivity (Wildman–Crippen MR) is 32.4 cm³/mol. The summed E-state index contributed by atoms with van der Waals surface area (Å²) < 4.78 is 0. The Labute approximate surface area is 52.9 Å². The molecule has 6 heteroatoms. The SMILES string of the molecule is BC(CO)(CO)[N+](=O)[O-]. The summed E-state index contributed by atoms with van der Waals surface area (Å²) in [6.07, 6.45) is 0. The summed E-state index contributed by atoms with van der Waals surface area (Å²) in [5, 5.41) is 26.7. The van der Waals surface area contributed by atoms with Crippen molar-refractivity contribution in [3.63, 3.8) is 0 Å². The van der Waals surface area contributed by atoms with Crippen molar-refractivity contribution in [2.45, 2.75) is 5.44 Å². The molecule has 0 aromatic rings. The van der Waals surface area contributed by atoms with Gasteiger partial charge in [0.2, 0.25) is 13.3 Å². The van der Waals surface area contributed by atoms with E-state index in [9.17, 15) is 10.1 Å². The number of hydrogen-bond acceptors (Lipinski definition) is 4. The second-order valence-corrected chi connectivity index (χ2v) is 2.07. The minimum atomic E-state index is -1.58. The third-order valence-corrected chi connectivity index (χ3v) is 1.12. The van der Waals surface area contributed by atoms with E-state index in [-0.39, 0.29) is 0 Å². The summed E-state index contributed by atoms with van der Waals surface area (Å²) in [6, 6.07) is 0. The zero-order valence-corrected chi connectivity index (χ0v) is 5.07. The van der Waals surface area contributed by atoms with Crippen molar-refractivity contribution in [1.82, 2.24) is 0 Å². The lowest BCUT2D eigenvalue weighted by Crippen LogP contribution is -2.46. The van der Waals surface area contributed by atoms with Gasteiger partial charge in [-0.2, -0.15) is 0 Å². The van der Waals surface area contributed by atoms with Crippen molar-refractivity contribution in [1.29, 1.82) is 0 Å². The standard InChI is InChI=1S/C3H8BNO4/c4-3(1-6,2-7)5(8)9/h6-7H,1-2,4H2. The first-order valence-electron chi connectivity index (χ1n) is 2.43. The number of nitrogens with zero attached hydrogens (tertiary/aromatic N) is 1. The quantitative estimate of drug-likeness (QED) is 0.255. The van der Waals surface area contributed by atoms with Crippen molar-refractivity contribution in [2.24, 2.45) is 0 Å². The van der Waals surface area contributed by atoms with Crippen LogP contribution in [0.1, 0.15) is 0 Å². The van der Waals surface area contributed by atoms with Crippen LogP contribution in [-0.2, 0) is 0 Å². The molecule has 0 aromatic carbocycles. The number of nitro groups is 1. The summed E-state index contributed by atoms with van der Waals surface area (Å²) in [7, 11) is 1.17. The van der Waals surface area contributed by atoms with Crippen molar-refractivity contribution in [3.05, 3.63) is 10.1 Å². The van der Waals surface area contributed by atoms with E-state index in [1.807, 2.05) is 0 Å². The van der Waals surface area contributed by atoms with Crippen LogP contribution in [0.25, 0.3) is 0 Å². The minimum absolute atomic E-state index is 0.642. The molecule has 9 heavy (non-hydrogen) atoms. The Bertz CT molecular complexity index is 112. The number of rotatable bonds is 3. The Morgan fingerprint density at radius 1 is 1.56 bits per heavy atom. The zero-order chi connectivity index (χ0) is 7.49. The molecule has 5 nitrogen and oxygen atoms in total. The van der Waals surface area contributed by atoms with Gasteiger partial charge in [0, 0.05) is 4.92 Å². The normalized spacial score (nSPS) is 11.3. The Hall–Kier alpha value is -0.615. The van der Waals surface area contributed by atoms with Gasteiger partial charge < -0.3 is 10.2 Å². The molecule has 0 atom stereocenters. The molecule has 2 N–H and O–H groups in total. The molecule has 0 radical (unpaired) electrons. The topological polar surface area (TPSA) is 83.6 Å². The number of aliphatic hydroxyl groups excluding tert-OH is 2. The van der Waals surface area contributed by atoms with Gasteiger partial charge in [0.05, 0.1) is 0 Å². The molecule has 0 fully saturated rings. The van der Waals surface area contributed by atoms with Gasteiger partial charge in [-0.05, 0) is 0 Å². The molecule has 0 aromatic heterocycles. The Morgan fingerprint density at radius 2 is 1.89 bits per heavy atom. The van der Waals surface area contributed by atoms with Crippen molar-refractivity contribution in [3.8, 4) is 0 Å². The van der Waals surface area contributed by atoms with Gasteiger partial charge in [0.1, 0.15) is 13.2 Å². The summed E-state index contributed by atoms with van der Waals surface area (Å²) in [6.45, 7) is -1.28. The molecule has 0 amide bonds. The second kappa shape index (κ2) is 2.79. The van der Waals surface area contributed by atoms with Crippen LogP contribution in [0.5, 0.6) is 0 Å². The van der Waals surface area contributed by atoms with Gasteiger partial charge in [-0.1, -0.05) is 0 Å². The fraction of sp³-hybridized carbons (Fsp3) is 1.00. The summed E-state index contributed by atoms with van der Waals surface area (Å²) in [5.74, 6) is 0. The van der Waals surface area contributed by atoms with Crippen LogP contribution in [0, 0.1) is 10.1 Å². The summed E-state index contributed by atoms with van der Waals surface area (Å²) in [4.78, 5) is 9.27. The lowest BCUT2D eigenvalue weighted by molar-refractivity contribution is -0.549. The lowest BCUT2D eigenvalue weighted by Gasteiger charge is -2.14. The van der Waals surface area contributed by atoms with E-state index < -0.39 is 23.6 Å². The first-order chi connectivity index (χ1) is 4.06. The molecule has 0 saturated heterocycles. The smallest absolute Gasteiger partial charge is 0.224 e. The third kappa shape index (κ3) is 1.65. The van der Waals surface area contributed by atoms with Crippen LogP contribution in [0.4, 0.5) is 0 Å². The monoisotopic (exact) mass is 133 g/mol. The predicted octanol–water partition coefficient (Wildman–Crippen LogP) is -2.42. The van der Waals surface area contributed by atoms with Crippen molar-refractivity contribution in [2.75, 3.05) is 13.2 Å². The van der Waals surface area contributed by atoms with Crippen LogP contribution in [0.15, 0.2) is 0 Å². The van der Waals surface area contributed by atoms with Crippen LogP contribution < -0.4 is 0 Å². The molecule has 0 spiro atoms. The van der Waals surface area contributed by atoms with Crippen LogP contribution in [0.3, 0.4) is 0 Å². The molecular formula is C3H8BNO4. The van der Waals surface area contributed by atoms with Gasteiger partial charge >= 0.3 is 0 Å². The van der Waals surface area contributed by atoms with E-state index in [0.717, 1.165) is 0 Å². The van der Waals surface area contributed by atoms with E-state index in [1.165, 1.54) is 7.85 Å². The van der Waals surface area contributed by atoms with Gasteiger partial charge in [0.25, 0.3) is 0 Å². The van der Waals surface area contributed by atoms with Gasteiger partial charge in [0.15, 0.2) is 0 Å². The van der Waals surface area contributed by atoms with Crippen LogP contribution in [-0.4, -0.2) is 41.6 Å². The summed E-state index contributed by atoms with van der Waals surface area (Å²) in [5.41, 5.74) is -1.58. The highest BCUT2D eigenvalue weighted by molar-refractivity contribution is 6.14. The summed E-state index contributed by atoms with van der Waals surface area (Å²) >= 11 is 0. The molecule has 52 valence electrons. The Kier molecular flexibility index (Phi) is 2.60. The highest BCUT2D eigenvalue weighted by Gasteiger charge is 2.34. The van der Waals surface area contributed by atoms with Crippen LogP contribution >= 0.6 is 0 Å². The third-order valence-electron chi connectivity index (χ3n) is 1.12. The molecule has 0 aliphatic rings. The molecule has 0 bridgehead atoms. The maximum atomic E-state index is 9.97. The highest BCUT2D eigenvalue weighted by atomic mass is 16.6. The maximum absolute atomic E-state index is 9.97. The Morgan fingerprint density at radius 3 is 1.89 bits per heavy atom. The van der Waals surface area contributed by atoms with Crippen molar-refractivity contribution >= 4 is 7.85 Å². The van der Waals surface area contributed by atoms with Gasteiger partial charge in [-0.25, -0.2) is 0 Å². The molecule has 0 unspecified atom stereocenters. The van der Waals surface area contributed by atoms with Crippen molar-refractivity contribution < 1.29 is 15.1 Å². The lowest BCUT2D eigenvalue weighted by atomic mass is 9.80. The first-order valence-corrected chi connectivity index (χ1v) is 2.43. The van der Waals surface area contributed by atoms with Gasteiger partial charge in [-0.15, -0.1) is 0 Å². The van der Waals surface area contributed by atoms with E-state index in [1.54, 1.807) is 0 Å². The van der Waals surface area contributed by atoms with E-state index in [4.69, 9.17) is 10.2 Å². The highest BCUT2D eigenvalue weighted by Crippen LogP contribution is 2.00. The zero-order valence-electron chi connectivity index (χ0n) is 5.07. The number of aliphatic hydroxyl groups is 2.